The lowest BCUT2D eigenvalue weighted by atomic mass is 10.1. The number of amides is 2. The molecule has 8 heteroatoms. The molecule has 0 spiro atoms. The summed E-state index contributed by atoms with van der Waals surface area (Å²) in [5, 5.41) is 6.27. The molecule has 2 N–H and O–H groups in total. The molecule has 2 amide bonds. The van der Waals surface area contributed by atoms with E-state index in [1.807, 2.05) is 31.2 Å². The number of carbonyl (C=O) groups excluding carboxylic acids is 2. The maximum absolute atomic E-state index is 12.6. The first-order valence-corrected chi connectivity index (χ1v) is 10.00. The number of hydrogen-bond donors (Lipinski definition) is 2. The molecule has 0 radical (unpaired) electrons. The van der Waals surface area contributed by atoms with E-state index in [9.17, 15) is 9.59 Å². The summed E-state index contributed by atoms with van der Waals surface area (Å²) in [7, 11) is 0. The van der Waals surface area contributed by atoms with Gasteiger partial charge in [-0.1, -0.05) is 25.1 Å². The van der Waals surface area contributed by atoms with E-state index < -0.39 is 0 Å². The van der Waals surface area contributed by atoms with Crippen molar-refractivity contribution in [2.75, 3.05) is 30.3 Å². The van der Waals surface area contributed by atoms with Crippen LogP contribution in [0.2, 0.25) is 0 Å². The fourth-order valence-electron chi connectivity index (χ4n) is 3.33. The maximum Gasteiger partial charge on any atom is 0.409 e. The van der Waals surface area contributed by atoms with Crippen molar-refractivity contribution in [2.24, 2.45) is 0 Å². The number of piperidine rings is 1. The second-order valence-corrected chi connectivity index (χ2v) is 6.86. The van der Waals surface area contributed by atoms with Gasteiger partial charge >= 0.3 is 6.09 Å². The Morgan fingerprint density at radius 2 is 1.93 bits per heavy atom. The predicted molar refractivity (Wildman–Crippen MR) is 111 cm³/mol. The first kappa shape index (κ1) is 20.6. The van der Waals surface area contributed by atoms with Gasteiger partial charge in [0.05, 0.1) is 6.61 Å². The number of aryl methyl sites for hydroxylation is 1. The van der Waals surface area contributed by atoms with E-state index in [1.54, 1.807) is 17.9 Å². The zero-order valence-corrected chi connectivity index (χ0v) is 16.9. The van der Waals surface area contributed by atoms with E-state index >= 15 is 0 Å². The smallest absolute Gasteiger partial charge is 0.409 e. The molecule has 1 aliphatic heterocycles. The molecule has 1 fully saturated rings. The van der Waals surface area contributed by atoms with E-state index in [1.165, 1.54) is 6.33 Å². The van der Waals surface area contributed by atoms with Crippen LogP contribution in [0.4, 0.5) is 16.3 Å². The first-order valence-electron chi connectivity index (χ1n) is 10.00. The third kappa shape index (κ3) is 5.43. The van der Waals surface area contributed by atoms with Gasteiger partial charge in [-0.05, 0) is 37.8 Å². The average Bonchev–Trinajstić information content (AvgIpc) is 2.75. The van der Waals surface area contributed by atoms with Crippen LogP contribution in [0.5, 0.6) is 0 Å². The molecule has 0 aliphatic carbocycles. The second-order valence-electron chi connectivity index (χ2n) is 6.86. The summed E-state index contributed by atoms with van der Waals surface area (Å²) in [6, 6.07) is 9.55. The van der Waals surface area contributed by atoms with Gasteiger partial charge in [-0.15, -0.1) is 0 Å². The lowest BCUT2D eigenvalue weighted by molar-refractivity contribution is 0.0980. The van der Waals surface area contributed by atoms with Crippen LogP contribution in [0.15, 0.2) is 36.7 Å². The number of nitrogens with one attached hydrogen (secondary N) is 2. The van der Waals surface area contributed by atoms with E-state index in [-0.39, 0.29) is 18.0 Å². The molecule has 8 nitrogen and oxygen atoms in total. The van der Waals surface area contributed by atoms with E-state index in [4.69, 9.17) is 4.74 Å². The SMILES string of the molecule is CCOC(=O)N1CCC(Nc2cc(C(=O)Nc3ccccc3CC)ncn2)CC1. The minimum absolute atomic E-state index is 0.173. The van der Waals surface area contributed by atoms with Crippen molar-refractivity contribution in [3.05, 3.63) is 47.9 Å². The normalized spacial score (nSPS) is 14.3. The van der Waals surface area contributed by atoms with Crippen LogP contribution in [0.1, 0.15) is 42.7 Å². The molecule has 2 heterocycles. The van der Waals surface area contributed by atoms with Gasteiger partial charge in [0.25, 0.3) is 5.91 Å². The predicted octanol–water partition coefficient (Wildman–Crippen LogP) is 3.32. The van der Waals surface area contributed by atoms with Crippen LogP contribution in [-0.2, 0) is 11.2 Å². The molecular formula is C21H27N5O3. The highest BCUT2D eigenvalue weighted by molar-refractivity contribution is 6.03. The Bertz CT molecular complexity index is 850. The third-order valence-corrected chi connectivity index (χ3v) is 4.92. The summed E-state index contributed by atoms with van der Waals surface area (Å²) in [5.41, 5.74) is 2.17. The summed E-state index contributed by atoms with van der Waals surface area (Å²) >= 11 is 0. The number of anilines is 2. The molecule has 0 unspecified atom stereocenters. The van der Waals surface area contributed by atoms with Crippen molar-refractivity contribution < 1.29 is 14.3 Å². The Morgan fingerprint density at radius 3 is 2.66 bits per heavy atom. The van der Waals surface area contributed by atoms with Crippen molar-refractivity contribution in [1.29, 1.82) is 0 Å². The number of benzene rings is 1. The van der Waals surface area contributed by atoms with Crippen LogP contribution in [-0.4, -0.2) is 52.6 Å². The lowest BCUT2D eigenvalue weighted by Gasteiger charge is -2.31. The summed E-state index contributed by atoms with van der Waals surface area (Å²) in [6.07, 6.45) is 3.52. The molecular weight excluding hydrogens is 370 g/mol. The molecule has 1 saturated heterocycles. The lowest BCUT2D eigenvalue weighted by Crippen LogP contribution is -2.42. The quantitative estimate of drug-likeness (QED) is 0.776. The summed E-state index contributed by atoms with van der Waals surface area (Å²) in [6.45, 7) is 5.48. The number of rotatable bonds is 6. The number of hydrogen-bond acceptors (Lipinski definition) is 6. The van der Waals surface area contributed by atoms with Gasteiger partial charge in [0.15, 0.2) is 0 Å². The zero-order valence-electron chi connectivity index (χ0n) is 16.9. The molecule has 0 atom stereocenters. The largest absolute Gasteiger partial charge is 0.450 e. The van der Waals surface area contributed by atoms with Crippen LogP contribution < -0.4 is 10.6 Å². The van der Waals surface area contributed by atoms with Crippen molar-refractivity contribution in [2.45, 2.75) is 39.2 Å². The second kappa shape index (κ2) is 9.86. The summed E-state index contributed by atoms with van der Waals surface area (Å²) in [5.74, 6) is 0.331. The Morgan fingerprint density at radius 1 is 1.17 bits per heavy atom. The molecule has 2 aromatic rings. The highest BCUT2D eigenvalue weighted by Crippen LogP contribution is 2.18. The van der Waals surface area contributed by atoms with E-state index in [2.05, 4.69) is 20.6 Å². The van der Waals surface area contributed by atoms with Crippen LogP contribution in [0.25, 0.3) is 0 Å². The van der Waals surface area contributed by atoms with Crippen molar-refractivity contribution in [1.82, 2.24) is 14.9 Å². The molecule has 1 aliphatic rings. The molecule has 0 saturated carbocycles. The van der Waals surface area contributed by atoms with E-state index in [0.29, 0.717) is 31.2 Å². The highest BCUT2D eigenvalue weighted by Gasteiger charge is 2.24. The van der Waals surface area contributed by atoms with Gasteiger partial charge in [0.2, 0.25) is 0 Å². The maximum atomic E-state index is 12.6. The van der Waals surface area contributed by atoms with Gasteiger partial charge in [0, 0.05) is 30.9 Å². The number of nitrogens with zero attached hydrogens (tertiary/aromatic N) is 3. The number of para-hydroxylation sites is 1. The number of carbonyl (C=O) groups is 2. The Labute approximate surface area is 170 Å². The zero-order chi connectivity index (χ0) is 20.6. The monoisotopic (exact) mass is 397 g/mol. The number of aromatic nitrogens is 2. The molecule has 0 bridgehead atoms. The molecule has 3 rings (SSSR count). The van der Waals surface area contributed by atoms with Crippen LogP contribution >= 0.6 is 0 Å². The fourth-order valence-corrected chi connectivity index (χ4v) is 3.33. The molecule has 29 heavy (non-hydrogen) atoms. The Hall–Kier alpha value is -3.16. The minimum atomic E-state index is -0.270. The van der Waals surface area contributed by atoms with Gasteiger partial charge < -0.3 is 20.3 Å². The number of ether oxygens (including phenoxy) is 1. The van der Waals surface area contributed by atoms with E-state index in [0.717, 1.165) is 30.5 Å². The number of likely N-dealkylation sites (tertiary alicyclic amines) is 1. The average molecular weight is 397 g/mol. The van der Waals surface area contributed by atoms with Gasteiger partial charge in [-0.2, -0.15) is 0 Å². The van der Waals surface area contributed by atoms with Crippen molar-refractivity contribution in [3.63, 3.8) is 0 Å². The molecule has 1 aromatic carbocycles. The Kier molecular flexibility index (Phi) is 6.99. The van der Waals surface area contributed by atoms with Crippen LogP contribution in [0, 0.1) is 0 Å². The first-order chi connectivity index (χ1) is 14.1. The van der Waals surface area contributed by atoms with Crippen molar-refractivity contribution >= 4 is 23.5 Å². The molecule has 1 aromatic heterocycles. The summed E-state index contributed by atoms with van der Waals surface area (Å²) < 4.78 is 5.04. The van der Waals surface area contributed by atoms with Gasteiger partial charge in [-0.3, -0.25) is 4.79 Å². The third-order valence-electron chi connectivity index (χ3n) is 4.92. The topological polar surface area (TPSA) is 96.5 Å². The Balaban J connectivity index is 1.58. The highest BCUT2D eigenvalue weighted by atomic mass is 16.6. The van der Waals surface area contributed by atoms with Crippen LogP contribution in [0.3, 0.4) is 0 Å². The summed E-state index contributed by atoms with van der Waals surface area (Å²) in [4.78, 5) is 34.5. The minimum Gasteiger partial charge on any atom is -0.450 e. The van der Waals surface area contributed by atoms with Crippen molar-refractivity contribution in [3.8, 4) is 0 Å². The molecule has 154 valence electrons. The van der Waals surface area contributed by atoms with Gasteiger partial charge in [0.1, 0.15) is 17.8 Å². The standard InChI is InChI=1S/C21H27N5O3/c1-3-15-7-5-6-8-17(15)25-20(27)18-13-19(23-14-22-18)24-16-9-11-26(12-10-16)21(28)29-4-2/h5-8,13-14,16H,3-4,9-12H2,1-2H3,(H,25,27)(H,22,23,24). The van der Waals surface area contributed by atoms with Gasteiger partial charge in [-0.25, -0.2) is 14.8 Å². The fraction of sp³-hybridized carbons (Fsp3) is 0.429.